The summed E-state index contributed by atoms with van der Waals surface area (Å²) in [5.41, 5.74) is 3.10. The van der Waals surface area contributed by atoms with Crippen molar-refractivity contribution in [2.45, 2.75) is 20.1 Å². The maximum absolute atomic E-state index is 12.0. The summed E-state index contributed by atoms with van der Waals surface area (Å²) >= 11 is 0. The first-order valence-electron chi connectivity index (χ1n) is 8.45. The maximum atomic E-state index is 12.0. The predicted octanol–water partition coefficient (Wildman–Crippen LogP) is 3.33. The Morgan fingerprint density at radius 1 is 1.15 bits per heavy atom. The summed E-state index contributed by atoms with van der Waals surface area (Å²) in [7, 11) is 3.96. The number of aryl methyl sites for hydroxylation is 1. The fraction of sp³-hybridized carbons (Fsp3) is 0.300. The van der Waals surface area contributed by atoms with E-state index in [9.17, 15) is 4.79 Å². The lowest BCUT2D eigenvalue weighted by atomic mass is 10.1. The van der Waals surface area contributed by atoms with E-state index in [1.54, 1.807) is 0 Å². The Balaban J connectivity index is 1.70. The average molecular weight is 353 g/mol. The Labute approximate surface area is 153 Å². The number of hydrazone groups is 1. The van der Waals surface area contributed by atoms with Crippen molar-refractivity contribution in [2.24, 2.45) is 5.10 Å². The largest absolute Gasteiger partial charge is 0.484 e. The summed E-state index contributed by atoms with van der Waals surface area (Å²) in [6.07, 6.45) is -0.569. The van der Waals surface area contributed by atoms with Gasteiger partial charge < -0.3 is 14.4 Å². The van der Waals surface area contributed by atoms with Crippen LogP contribution in [0.4, 0.5) is 5.69 Å². The van der Waals surface area contributed by atoms with E-state index >= 15 is 0 Å². The van der Waals surface area contributed by atoms with Gasteiger partial charge in [-0.25, -0.2) is 0 Å². The molecule has 2 aromatic carbocycles. The molecule has 0 bridgehead atoms. The Morgan fingerprint density at radius 3 is 2.38 bits per heavy atom. The lowest BCUT2D eigenvalue weighted by Gasteiger charge is -2.20. The molecule has 1 aliphatic heterocycles. The van der Waals surface area contributed by atoms with Gasteiger partial charge in [0.1, 0.15) is 5.75 Å². The van der Waals surface area contributed by atoms with Gasteiger partial charge in [-0.05, 0) is 31.2 Å². The molecule has 0 saturated heterocycles. The second-order valence-electron chi connectivity index (χ2n) is 6.42. The number of hydrogen-bond donors (Lipinski definition) is 0. The van der Waals surface area contributed by atoms with Crippen molar-refractivity contribution < 1.29 is 14.3 Å². The molecule has 0 fully saturated rings. The van der Waals surface area contributed by atoms with Crippen LogP contribution in [0.3, 0.4) is 0 Å². The first kappa shape index (κ1) is 17.8. The number of rotatable bonds is 5. The molecule has 0 radical (unpaired) electrons. The van der Waals surface area contributed by atoms with Gasteiger partial charge in [-0.2, -0.15) is 5.01 Å². The van der Waals surface area contributed by atoms with E-state index in [-0.39, 0.29) is 12.5 Å². The lowest BCUT2D eigenvalue weighted by molar-refractivity contribution is -0.135. The monoisotopic (exact) mass is 353 g/mol. The Hall–Kier alpha value is -3.02. The minimum atomic E-state index is -0.569. The number of anilines is 1. The van der Waals surface area contributed by atoms with Gasteiger partial charge in [-0.15, -0.1) is 5.10 Å². The van der Waals surface area contributed by atoms with E-state index in [1.165, 1.54) is 11.9 Å². The van der Waals surface area contributed by atoms with Gasteiger partial charge in [-0.3, -0.25) is 4.79 Å². The zero-order valence-electron chi connectivity index (χ0n) is 15.5. The van der Waals surface area contributed by atoms with E-state index in [2.05, 4.69) is 5.10 Å². The Morgan fingerprint density at radius 2 is 1.81 bits per heavy atom. The van der Waals surface area contributed by atoms with Gasteiger partial charge in [-0.1, -0.05) is 29.8 Å². The van der Waals surface area contributed by atoms with E-state index < -0.39 is 6.23 Å². The average Bonchev–Trinajstić information content (AvgIpc) is 3.06. The van der Waals surface area contributed by atoms with Crippen LogP contribution in [0.2, 0.25) is 0 Å². The molecule has 1 amide bonds. The zero-order chi connectivity index (χ0) is 18.7. The van der Waals surface area contributed by atoms with Crippen molar-refractivity contribution in [3.63, 3.8) is 0 Å². The van der Waals surface area contributed by atoms with Gasteiger partial charge >= 0.3 is 0 Å². The van der Waals surface area contributed by atoms with Crippen LogP contribution in [0.15, 0.2) is 53.6 Å². The van der Waals surface area contributed by atoms with Crippen LogP contribution < -0.4 is 9.64 Å². The van der Waals surface area contributed by atoms with E-state index in [4.69, 9.17) is 9.47 Å². The number of amides is 1. The summed E-state index contributed by atoms with van der Waals surface area (Å²) in [4.78, 5) is 14.0. The molecule has 0 unspecified atom stereocenters. The smallest absolute Gasteiger partial charge is 0.247 e. The van der Waals surface area contributed by atoms with E-state index in [0.29, 0.717) is 5.90 Å². The van der Waals surface area contributed by atoms with Crippen LogP contribution in [-0.2, 0) is 9.53 Å². The summed E-state index contributed by atoms with van der Waals surface area (Å²) < 4.78 is 11.6. The highest BCUT2D eigenvalue weighted by Gasteiger charge is 2.32. The van der Waals surface area contributed by atoms with Crippen molar-refractivity contribution in [3.05, 3.63) is 59.7 Å². The minimum absolute atomic E-state index is 0.166. The van der Waals surface area contributed by atoms with Gasteiger partial charge in [0.05, 0.1) is 0 Å². The summed E-state index contributed by atoms with van der Waals surface area (Å²) in [5, 5.41) is 5.62. The highest BCUT2D eigenvalue weighted by Crippen LogP contribution is 2.29. The molecule has 3 rings (SSSR count). The lowest BCUT2D eigenvalue weighted by Crippen LogP contribution is -2.25. The van der Waals surface area contributed by atoms with E-state index in [0.717, 1.165) is 22.6 Å². The summed E-state index contributed by atoms with van der Waals surface area (Å²) in [6, 6.07) is 15.6. The Bertz CT molecular complexity index is 798. The SMILES string of the molecule is CC(=O)N1N=C(COc2ccc(C)cc2)O[C@H]1c1ccc(N(C)C)cc1. The fourth-order valence-corrected chi connectivity index (χ4v) is 2.60. The molecule has 0 N–H and O–H groups in total. The Kier molecular flexibility index (Phi) is 5.11. The third-order valence-electron chi connectivity index (χ3n) is 4.09. The van der Waals surface area contributed by atoms with Crippen LogP contribution >= 0.6 is 0 Å². The summed E-state index contributed by atoms with van der Waals surface area (Å²) in [6.45, 7) is 3.65. The van der Waals surface area contributed by atoms with Gasteiger partial charge in [0.2, 0.25) is 18.0 Å². The van der Waals surface area contributed by atoms with Crippen molar-refractivity contribution in [1.29, 1.82) is 0 Å². The number of nitrogens with zero attached hydrogens (tertiary/aromatic N) is 3. The molecule has 1 heterocycles. The first-order valence-corrected chi connectivity index (χ1v) is 8.45. The molecule has 1 atom stereocenters. The van der Waals surface area contributed by atoms with Crippen LogP contribution in [-0.4, -0.2) is 37.5 Å². The second-order valence-corrected chi connectivity index (χ2v) is 6.42. The van der Waals surface area contributed by atoms with Crippen LogP contribution in [0, 0.1) is 6.92 Å². The minimum Gasteiger partial charge on any atom is -0.484 e. The van der Waals surface area contributed by atoms with Crippen molar-refractivity contribution in [3.8, 4) is 5.75 Å². The highest BCUT2D eigenvalue weighted by atomic mass is 16.6. The second kappa shape index (κ2) is 7.47. The van der Waals surface area contributed by atoms with Crippen molar-refractivity contribution in [2.75, 3.05) is 25.6 Å². The third-order valence-corrected chi connectivity index (χ3v) is 4.09. The van der Waals surface area contributed by atoms with Crippen LogP contribution in [0.5, 0.6) is 5.75 Å². The molecule has 0 aromatic heterocycles. The van der Waals surface area contributed by atoms with Crippen LogP contribution in [0.1, 0.15) is 24.3 Å². The van der Waals surface area contributed by atoms with Crippen molar-refractivity contribution in [1.82, 2.24) is 5.01 Å². The van der Waals surface area contributed by atoms with E-state index in [1.807, 2.05) is 74.4 Å². The highest BCUT2D eigenvalue weighted by molar-refractivity contribution is 5.83. The fourth-order valence-electron chi connectivity index (χ4n) is 2.60. The molecule has 1 aliphatic rings. The molecule has 6 heteroatoms. The van der Waals surface area contributed by atoms with Gasteiger partial charge in [0, 0.05) is 32.3 Å². The van der Waals surface area contributed by atoms with Crippen LogP contribution in [0.25, 0.3) is 0 Å². The first-order chi connectivity index (χ1) is 12.4. The maximum Gasteiger partial charge on any atom is 0.247 e. The molecular formula is C20H23N3O3. The normalized spacial score (nSPS) is 16.1. The molecule has 26 heavy (non-hydrogen) atoms. The van der Waals surface area contributed by atoms with Gasteiger partial charge in [0.25, 0.3) is 0 Å². The molecule has 0 saturated carbocycles. The summed E-state index contributed by atoms with van der Waals surface area (Å²) in [5.74, 6) is 0.926. The molecule has 0 spiro atoms. The number of hydrogen-bond acceptors (Lipinski definition) is 5. The number of carbonyl (C=O) groups is 1. The third kappa shape index (κ3) is 3.96. The van der Waals surface area contributed by atoms with Gasteiger partial charge in [0.15, 0.2) is 6.61 Å². The number of carbonyl (C=O) groups excluding carboxylic acids is 1. The predicted molar refractivity (Wildman–Crippen MR) is 101 cm³/mol. The van der Waals surface area contributed by atoms with Crippen molar-refractivity contribution >= 4 is 17.5 Å². The molecule has 2 aromatic rings. The molecule has 0 aliphatic carbocycles. The number of ether oxygens (including phenoxy) is 2. The molecule has 6 nitrogen and oxygen atoms in total. The topological polar surface area (TPSA) is 54.4 Å². The zero-order valence-corrected chi connectivity index (χ0v) is 15.5. The molecular weight excluding hydrogens is 330 g/mol. The quantitative estimate of drug-likeness (QED) is 0.827. The number of benzene rings is 2. The standard InChI is InChI=1S/C20H23N3O3/c1-14-5-11-18(12-6-14)25-13-19-21-23(15(2)24)20(26-19)16-7-9-17(10-8-16)22(3)4/h5-12,20H,13H2,1-4H3/t20-/m0/s1. The molecule has 136 valence electrons.